The zero-order valence-corrected chi connectivity index (χ0v) is 14.7. The van der Waals surface area contributed by atoms with Crippen molar-refractivity contribution < 1.29 is 19.1 Å². The molecule has 0 aromatic rings. The number of carbonyl (C=O) groups is 3. The second kappa shape index (κ2) is 12.5. The van der Waals surface area contributed by atoms with Crippen molar-refractivity contribution in [3.05, 3.63) is 0 Å². The topological polar surface area (TPSA) is 84.5 Å². The maximum Gasteiger partial charge on any atom is 0.325 e. The number of hydrogen-bond donors (Lipinski definition) is 2. The molecule has 0 bridgehead atoms. The third-order valence-corrected chi connectivity index (χ3v) is 3.34. The van der Waals surface area contributed by atoms with E-state index in [2.05, 4.69) is 42.4 Å². The molecule has 0 radical (unpaired) electrons. The molecule has 2 amide bonds. The lowest BCUT2D eigenvalue weighted by atomic mass is 10.3. The largest absolute Gasteiger partial charge is 0.465 e. The van der Waals surface area contributed by atoms with Crippen LogP contribution in [0.5, 0.6) is 0 Å². The van der Waals surface area contributed by atoms with Crippen molar-refractivity contribution in [1.82, 2.24) is 10.6 Å². The lowest BCUT2D eigenvalue weighted by Gasteiger charge is -2.12. The Balaban J connectivity index is 0. The fourth-order valence-electron chi connectivity index (χ4n) is 0.749. The van der Waals surface area contributed by atoms with Crippen molar-refractivity contribution in [3.8, 4) is 0 Å². The van der Waals surface area contributed by atoms with E-state index < -0.39 is 11.9 Å². The third-order valence-electron chi connectivity index (χ3n) is 2.11. The third kappa shape index (κ3) is 18.8. The van der Waals surface area contributed by atoms with Crippen molar-refractivity contribution in [2.45, 2.75) is 45.8 Å². The average molecular weight is 320 g/mol. The second-order valence-corrected chi connectivity index (χ2v) is 6.66. The molecule has 0 aromatic carbocycles. The summed E-state index contributed by atoms with van der Waals surface area (Å²) in [5.74, 6) is -1.11. The second-order valence-electron chi connectivity index (χ2n) is 5.03. The van der Waals surface area contributed by atoms with Crippen LogP contribution in [0.1, 0.15) is 41.0 Å². The minimum absolute atomic E-state index is 0.119. The highest BCUT2D eigenvalue weighted by atomic mass is 32.2. The van der Waals surface area contributed by atoms with Gasteiger partial charge in [-0.05, 0) is 13.2 Å². The first-order chi connectivity index (χ1) is 9.66. The first-order valence-corrected chi connectivity index (χ1v) is 8.12. The summed E-state index contributed by atoms with van der Waals surface area (Å²) in [4.78, 5) is 32.6. The van der Waals surface area contributed by atoms with E-state index in [-0.39, 0.29) is 25.6 Å². The van der Waals surface area contributed by atoms with Gasteiger partial charge in [-0.25, -0.2) is 0 Å². The quantitative estimate of drug-likeness (QED) is 0.722. The summed E-state index contributed by atoms with van der Waals surface area (Å²) in [5.41, 5.74) is 0. The van der Waals surface area contributed by atoms with E-state index in [1.807, 2.05) is 11.8 Å². The van der Waals surface area contributed by atoms with Crippen LogP contribution in [0.15, 0.2) is 0 Å². The van der Waals surface area contributed by atoms with Crippen LogP contribution in [0.4, 0.5) is 0 Å². The lowest BCUT2D eigenvalue weighted by Crippen LogP contribution is -2.39. The monoisotopic (exact) mass is 320 g/mol. The van der Waals surface area contributed by atoms with E-state index in [1.54, 1.807) is 13.8 Å². The molecule has 124 valence electrons. The Hall–Kier alpha value is -1.24. The number of ether oxygens (including phenoxy) is 1. The molecule has 2 N–H and O–H groups in total. The summed E-state index contributed by atoms with van der Waals surface area (Å²) in [6, 6.07) is 0. The van der Waals surface area contributed by atoms with Crippen molar-refractivity contribution in [2.75, 3.05) is 26.0 Å². The first-order valence-electron chi connectivity index (χ1n) is 6.90. The maximum absolute atomic E-state index is 11.0. The summed E-state index contributed by atoms with van der Waals surface area (Å²) in [5, 5.41) is 4.70. The molecule has 0 aliphatic rings. The number of hydrogen-bond acceptors (Lipinski definition) is 5. The molecule has 0 heterocycles. The van der Waals surface area contributed by atoms with E-state index in [9.17, 15) is 14.4 Å². The highest BCUT2D eigenvalue weighted by molar-refractivity contribution is 7.99. The maximum atomic E-state index is 11.0. The lowest BCUT2D eigenvalue weighted by molar-refractivity contribution is -0.143. The SMILES string of the molecule is CCOC(=O)CNC(=O)CNC(=O)CC.CSC(C)(C)C. The van der Waals surface area contributed by atoms with Gasteiger partial charge in [0.1, 0.15) is 6.54 Å². The standard InChI is InChI=1S/C9H16N2O4.C5H12S/c1-3-7(12)10-5-8(13)11-6-9(14)15-4-2;1-5(2,3)6-4/h3-6H2,1-2H3,(H,10,12)(H,11,13);1-4H3. The normalized spacial score (nSPS) is 10.0. The molecular formula is C14H28N2O4S. The minimum Gasteiger partial charge on any atom is -0.465 e. The van der Waals surface area contributed by atoms with Gasteiger partial charge in [-0.15, -0.1) is 0 Å². The van der Waals surface area contributed by atoms with Gasteiger partial charge in [0.25, 0.3) is 0 Å². The van der Waals surface area contributed by atoms with Crippen LogP contribution in [-0.2, 0) is 19.1 Å². The summed E-state index contributed by atoms with van der Waals surface area (Å²) in [6.45, 7) is 9.97. The molecular weight excluding hydrogens is 292 g/mol. The van der Waals surface area contributed by atoms with Crippen molar-refractivity contribution in [1.29, 1.82) is 0 Å². The smallest absolute Gasteiger partial charge is 0.325 e. The minimum atomic E-state index is -0.493. The number of thioether (sulfide) groups is 1. The Labute approximate surface area is 131 Å². The van der Waals surface area contributed by atoms with Gasteiger partial charge in [-0.2, -0.15) is 11.8 Å². The van der Waals surface area contributed by atoms with Crippen molar-refractivity contribution >= 4 is 29.5 Å². The zero-order valence-electron chi connectivity index (χ0n) is 13.9. The van der Waals surface area contributed by atoms with Gasteiger partial charge in [-0.3, -0.25) is 14.4 Å². The highest BCUT2D eigenvalue weighted by Crippen LogP contribution is 2.18. The van der Waals surface area contributed by atoms with E-state index >= 15 is 0 Å². The molecule has 0 atom stereocenters. The molecule has 0 unspecified atom stereocenters. The van der Waals surface area contributed by atoms with Crippen LogP contribution >= 0.6 is 11.8 Å². The summed E-state index contributed by atoms with van der Waals surface area (Å²) < 4.78 is 5.06. The Morgan fingerprint density at radius 2 is 1.48 bits per heavy atom. The molecule has 0 saturated heterocycles. The number of rotatable bonds is 6. The van der Waals surface area contributed by atoms with Crippen molar-refractivity contribution in [2.24, 2.45) is 0 Å². The van der Waals surface area contributed by atoms with Crippen molar-refractivity contribution in [3.63, 3.8) is 0 Å². The van der Waals surface area contributed by atoms with E-state index in [1.165, 1.54) is 0 Å². The molecule has 0 saturated carbocycles. The van der Waals surface area contributed by atoms with Crippen LogP contribution in [0, 0.1) is 0 Å². The molecule has 21 heavy (non-hydrogen) atoms. The molecule has 0 fully saturated rings. The van der Waals surface area contributed by atoms with Gasteiger partial charge >= 0.3 is 5.97 Å². The molecule has 0 aliphatic carbocycles. The van der Waals surface area contributed by atoms with E-state index in [0.717, 1.165) is 0 Å². The first kappa shape index (κ1) is 22.0. The van der Waals surface area contributed by atoms with Gasteiger partial charge in [0.05, 0.1) is 13.2 Å². The summed E-state index contributed by atoms with van der Waals surface area (Å²) >= 11 is 1.88. The Morgan fingerprint density at radius 1 is 1.00 bits per heavy atom. The fourth-order valence-corrected chi connectivity index (χ4v) is 0.749. The molecule has 0 aliphatic heterocycles. The van der Waals surface area contributed by atoms with Crippen LogP contribution < -0.4 is 10.6 Å². The predicted molar refractivity (Wildman–Crippen MR) is 86.2 cm³/mol. The number of amides is 2. The Kier molecular flexibility index (Phi) is 13.1. The van der Waals surface area contributed by atoms with Gasteiger partial charge < -0.3 is 15.4 Å². The van der Waals surface area contributed by atoms with Crippen LogP contribution in [0.25, 0.3) is 0 Å². The zero-order chi connectivity index (χ0) is 16.9. The Morgan fingerprint density at radius 3 is 1.86 bits per heavy atom. The number of esters is 1. The summed E-state index contributed by atoms with van der Waals surface area (Å²) in [7, 11) is 0. The van der Waals surface area contributed by atoms with Crippen LogP contribution in [0.2, 0.25) is 0 Å². The number of carbonyl (C=O) groups excluding carboxylic acids is 3. The van der Waals surface area contributed by atoms with E-state index in [4.69, 9.17) is 0 Å². The number of nitrogens with one attached hydrogen (secondary N) is 2. The van der Waals surface area contributed by atoms with Crippen LogP contribution in [0.3, 0.4) is 0 Å². The molecule has 7 heteroatoms. The highest BCUT2D eigenvalue weighted by Gasteiger charge is 2.06. The van der Waals surface area contributed by atoms with Gasteiger partial charge in [0.15, 0.2) is 0 Å². The molecule has 0 spiro atoms. The molecule has 0 rings (SSSR count). The van der Waals surface area contributed by atoms with Gasteiger partial charge in [0, 0.05) is 11.2 Å². The molecule has 6 nitrogen and oxygen atoms in total. The van der Waals surface area contributed by atoms with E-state index in [0.29, 0.717) is 11.2 Å². The summed E-state index contributed by atoms with van der Waals surface area (Å²) in [6.07, 6.45) is 2.45. The van der Waals surface area contributed by atoms with Gasteiger partial charge in [0.2, 0.25) is 11.8 Å². The van der Waals surface area contributed by atoms with Crippen LogP contribution in [-0.4, -0.2) is 48.5 Å². The fraction of sp³-hybridized carbons (Fsp3) is 0.786. The van der Waals surface area contributed by atoms with Gasteiger partial charge in [-0.1, -0.05) is 27.7 Å². The Bertz CT molecular complexity index is 327. The molecule has 0 aromatic heterocycles. The predicted octanol–water partition coefficient (Wildman–Crippen LogP) is 1.34. The average Bonchev–Trinajstić information content (AvgIpc) is 2.42.